The molecule has 1 aromatic carbocycles. The summed E-state index contributed by atoms with van der Waals surface area (Å²) < 4.78 is 1.05. The average molecular weight is 305 g/mol. The van der Waals surface area contributed by atoms with Gasteiger partial charge in [-0.15, -0.1) is 0 Å². The predicted molar refractivity (Wildman–Crippen MR) is 81.5 cm³/mol. The molecule has 94 valence electrons. The van der Waals surface area contributed by atoms with Gasteiger partial charge in [0.05, 0.1) is 6.10 Å². The molecule has 0 spiro atoms. The van der Waals surface area contributed by atoms with Gasteiger partial charge in [-0.05, 0) is 16.5 Å². The fourth-order valence-electron chi connectivity index (χ4n) is 1.38. The first-order chi connectivity index (χ1) is 8.74. The molecule has 1 nitrogen and oxygen atoms in total. The van der Waals surface area contributed by atoms with E-state index in [9.17, 15) is 5.11 Å². The maximum Gasteiger partial charge on any atom is 0.0971 e. The summed E-state index contributed by atoms with van der Waals surface area (Å²) in [5.74, 6) is 0. The molecule has 1 rings (SSSR count). The minimum absolute atomic E-state index is 0.546. The number of benzene rings is 1. The minimum atomic E-state index is -0.546. The third kappa shape index (κ3) is 5.80. The van der Waals surface area contributed by atoms with Crippen molar-refractivity contribution in [3.8, 4) is 0 Å². The minimum Gasteiger partial charge on any atom is -0.384 e. The van der Waals surface area contributed by atoms with Gasteiger partial charge in [-0.25, -0.2) is 0 Å². The first kappa shape index (κ1) is 14.7. The second-order valence-electron chi connectivity index (χ2n) is 3.72. The number of halogens is 1. The number of aliphatic hydroxyl groups is 1. The average Bonchev–Trinajstić information content (AvgIpc) is 2.40. The van der Waals surface area contributed by atoms with Crippen molar-refractivity contribution in [2.45, 2.75) is 12.5 Å². The Morgan fingerprint density at radius 3 is 2.67 bits per heavy atom. The molecule has 0 amide bonds. The summed E-state index contributed by atoms with van der Waals surface area (Å²) in [6.45, 7) is 3.60. The van der Waals surface area contributed by atoms with E-state index in [1.165, 1.54) is 0 Å². The summed E-state index contributed by atoms with van der Waals surface area (Å²) in [4.78, 5) is 0. The highest BCUT2D eigenvalue weighted by Crippen LogP contribution is 2.16. The van der Waals surface area contributed by atoms with Gasteiger partial charge in [-0.1, -0.05) is 89.3 Å². The Morgan fingerprint density at radius 1 is 1.28 bits per heavy atom. The molecule has 2 heteroatoms. The van der Waals surface area contributed by atoms with Gasteiger partial charge in [0.2, 0.25) is 0 Å². The van der Waals surface area contributed by atoms with E-state index in [4.69, 9.17) is 0 Å². The third-order valence-corrected chi connectivity index (χ3v) is 2.88. The van der Waals surface area contributed by atoms with E-state index in [0.717, 1.165) is 16.5 Å². The Hall–Kier alpha value is -1.38. The Labute approximate surface area is 117 Å². The van der Waals surface area contributed by atoms with Crippen LogP contribution >= 0.6 is 15.9 Å². The van der Waals surface area contributed by atoms with Crippen molar-refractivity contribution in [1.29, 1.82) is 0 Å². The molecule has 0 aliphatic carbocycles. The molecule has 1 aromatic rings. The van der Waals surface area contributed by atoms with E-state index < -0.39 is 6.10 Å². The molecule has 18 heavy (non-hydrogen) atoms. The molecule has 1 N–H and O–H groups in total. The van der Waals surface area contributed by atoms with Gasteiger partial charge in [0.25, 0.3) is 0 Å². The van der Waals surface area contributed by atoms with E-state index in [1.54, 1.807) is 12.2 Å². The highest BCUT2D eigenvalue weighted by Gasteiger charge is 2.00. The van der Waals surface area contributed by atoms with Crippen LogP contribution in [-0.2, 0) is 0 Å². The van der Waals surface area contributed by atoms with E-state index in [-0.39, 0.29) is 0 Å². The molecule has 0 fully saturated rings. The highest BCUT2D eigenvalue weighted by atomic mass is 79.9. The molecular weight excluding hydrogens is 288 g/mol. The lowest BCUT2D eigenvalue weighted by atomic mass is 10.1. The van der Waals surface area contributed by atoms with Gasteiger partial charge >= 0.3 is 0 Å². The summed E-state index contributed by atoms with van der Waals surface area (Å²) in [5.41, 5.74) is 0.903. The van der Waals surface area contributed by atoms with Crippen LogP contribution in [0.25, 0.3) is 0 Å². The van der Waals surface area contributed by atoms with Crippen LogP contribution in [0, 0.1) is 0 Å². The lowest BCUT2D eigenvalue weighted by Gasteiger charge is -2.04. The SMILES string of the molecule is C=C/C=C\C=C(\Br)C/C=C/C(O)c1ccccc1. The Kier molecular flexibility index (Phi) is 7.07. The fraction of sp³-hybridized carbons (Fsp3) is 0.125. The summed E-state index contributed by atoms with van der Waals surface area (Å²) in [6.07, 6.45) is 11.4. The molecular formula is C16H17BrO. The molecule has 1 atom stereocenters. The summed E-state index contributed by atoms with van der Waals surface area (Å²) in [7, 11) is 0. The van der Waals surface area contributed by atoms with Gasteiger partial charge in [0, 0.05) is 0 Å². The first-order valence-corrected chi connectivity index (χ1v) is 6.56. The molecule has 0 aliphatic rings. The third-order valence-electron chi connectivity index (χ3n) is 2.30. The zero-order valence-electron chi connectivity index (χ0n) is 10.2. The summed E-state index contributed by atoms with van der Waals surface area (Å²) in [5, 5.41) is 9.90. The molecule has 0 aromatic heterocycles. The zero-order valence-corrected chi connectivity index (χ0v) is 11.8. The highest BCUT2D eigenvalue weighted by molar-refractivity contribution is 9.11. The number of hydrogen-bond acceptors (Lipinski definition) is 1. The van der Waals surface area contributed by atoms with E-state index in [0.29, 0.717) is 0 Å². The maximum absolute atomic E-state index is 9.90. The molecule has 0 saturated carbocycles. The Morgan fingerprint density at radius 2 is 2.00 bits per heavy atom. The normalized spacial score (nSPS) is 14.2. The fourth-order valence-corrected chi connectivity index (χ4v) is 1.72. The molecule has 1 unspecified atom stereocenters. The van der Waals surface area contributed by atoms with Gasteiger partial charge in [-0.2, -0.15) is 0 Å². The molecule has 0 saturated heterocycles. The Bertz CT molecular complexity index is 443. The van der Waals surface area contributed by atoms with Crippen LogP contribution < -0.4 is 0 Å². The quantitative estimate of drug-likeness (QED) is 0.597. The Balaban J connectivity index is 2.48. The largest absolute Gasteiger partial charge is 0.384 e. The van der Waals surface area contributed by atoms with Crippen LogP contribution in [0.15, 0.2) is 77.8 Å². The first-order valence-electron chi connectivity index (χ1n) is 5.77. The smallest absolute Gasteiger partial charge is 0.0971 e. The van der Waals surface area contributed by atoms with Crippen LogP contribution in [-0.4, -0.2) is 5.11 Å². The number of aliphatic hydroxyl groups excluding tert-OH is 1. The number of hydrogen-bond donors (Lipinski definition) is 1. The van der Waals surface area contributed by atoms with Gasteiger partial charge < -0.3 is 5.11 Å². The molecule has 0 radical (unpaired) electrons. The maximum atomic E-state index is 9.90. The zero-order chi connectivity index (χ0) is 13.2. The van der Waals surface area contributed by atoms with E-state index >= 15 is 0 Å². The van der Waals surface area contributed by atoms with Crippen molar-refractivity contribution in [3.63, 3.8) is 0 Å². The van der Waals surface area contributed by atoms with Crippen molar-refractivity contribution < 1.29 is 5.11 Å². The molecule has 0 aliphatic heterocycles. The summed E-state index contributed by atoms with van der Waals surface area (Å²) >= 11 is 3.46. The van der Waals surface area contributed by atoms with Crippen molar-refractivity contribution in [2.75, 3.05) is 0 Å². The monoisotopic (exact) mass is 304 g/mol. The van der Waals surface area contributed by atoms with E-state index in [1.807, 2.05) is 54.6 Å². The van der Waals surface area contributed by atoms with Gasteiger partial charge in [-0.3, -0.25) is 0 Å². The van der Waals surface area contributed by atoms with E-state index in [2.05, 4.69) is 22.5 Å². The van der Waals surface area contributed by atoms with Crippen LogP contribution in [0.5, 0.6) is 0 Å². The number of rotatable bonds is 6. The summed E-state index contributed by atoms with van der Waals surface area (Å²) in [6, 6.07) is 9.59. The van der Waals surface area contributed by atoms with Gasteiger partial charge in [0.15, 0.2) is 0 Å². The second-order valence-corrected chi connectivity index (χ2v) is 4.74. The second kappa shape index (κ2) is 8.67. The lowest BCUT2D eigenvalue weighted by Crippen LogP contribution is -1.91. The van der Waals surface area contributed by atoms with Gasteiger partial charge in [0.1, 0.15) is 0 Å². The standard InChI is InChI=1S/C16H17BrO/c1-2-3-5-11-15(17)12-8-13-16(18)14-9-6-4-7-10-14/h2-11,13,16,18H,1,12H2/b5-3-,13-8+,15-11+. The van der Waals surface area contributed by atoms with Crippen LogP contribution in [0.1, 0.15) is 18.1 Å². The topological polar surface area (TPSA) is 20.2 Å². The van der Waals surface area contributed by atoms with Crippen molar-refractivity contribution >= 4 is 15.9 Å². The lowest BCUT2D eigenvalue weighted by molar-refractivity contribution is 0.228. The van der Waals surface area contributed by atoms with Crippen molar-refractivity contribution in [1.82, 2.24) is 0 Å². The molecule has 0 heterocycles. The van der Waals surface area contributed by atoms with Crippen molar-refractivity contribution in [2.24, 2.45) is 0 Å². The van der Waals surface area contributed by atoms with Crippen molar-refractivity contribution in [3.05, 3.63) is 83.4 Å². The van der Waals surface area contributed by atoms with Crippen LogP contribution in [0.4, 0.5) is 0 Å². The number of allylic oxidation sites excluding steroid dienone is 6. The molecule has 0 bridgehead atoms. The van der Waals surface area contributed by atoms with Crippen LogP contribution in [0.2, 0.25) is 0 Å². The van der Waals surface area contributed by atoms with Crippen LogP contribution in [0.3, 0.4) is 0 Å². The predicted octanol–water partition coefficient (Wildman–Crippen LogP) is 4.69.